The van der Waals surface area contributed by atoms with Gasteiger partial charge in [0.2, 0.25) is 0 Å². The number of nitrogens with one attached hydrogen (secondary N) is 1. The maximum Gasteiger partial charge on any atom is 0.102 e. The van der Waals surface area contributed by atoms with Gasteiger partial charge in [-0.3, -0.25) is 0 Å². The first-order valence-electron chi connectivity index (χ1n) is 5.33. The van der Waals surface area contributed by atoms with Crippen molar-refractivity contribution < 1.29 is 0 Å². The van der Waals surface area contributed by atoms with Crippen LogP contribution in [0, 0.1) is 6.92 Å². The summed E-state index contributed by atoms with van der Waals surface area (Å²) in [7, 11) is 0. The van der Waals surface area contributed by atoms with Crippen LogP contribution in [0.2, 0.25) is 0 Å². The van der Waals surface area contributed by atoms with E-state index in [1.54, 1.807) is 6.20 Å². The summed E-state index contributed by atoms with van der Waals surface area (Å²) in [5, 5.41) is 0. The first-order chi connectivity index (χ1) is 7.27. The predicted molar refractivity (Wildman–Crippen MR) is 62.9 cm³/mol. The number of nitrogens with zero attached hydrogens (tertiary/aromatic N) is 1. The van der Waals surface area contributed by atoms with Crippen LogP contribution in [-0.2, 0) is 6.42 Å². The number of hydrogen-bond donors (Lipinski definition) is 1. The summed E-state index contributed by atoms with van der Waals surface area (Å²) in [6.07, 6.45) is 5.18. The molecule has 1 heterocycles. The molecule has 0 aromatic carbocycles. The molecule has 0 amide bonds. The van der Waals surface area contributed by atoms with Crippen LogP contribution >= 0.6 is 0 Å². The molecule has 78 valence electrons. The van der Waals surface area contributed by atoms with Crippen molar-refractivity contribution in [2.24, 2.45) is 0 Å². The molecule has 0 saturated carbocycles. The third kappa shape index (κ3) is 2.27. The van der Waals surface area contributed by atoms with Crippen LogP contribution in [0.4, 0.5) is 0 Å². The summed E-state index contributed by atoms with van der Waals surface area (Å²) < 4.78 is 0. The lowest BCUT2D eigenvalue weighted by Gasteiger charge is -2.15. The Bertz CT molecular complexity index is 428. The molecule has 0 bridgehead atoms. The lowest BCUT2D eigenvalue weighted by atomic mass is 9.93. The fourth-order valence-corrected chi connectivity index (χ4v) is 1.92. The van der Waals surface area contributed by atoms with Crippen molar-refractivity contribution in [1.82, 2.24) is 9.97 Å². The molecule has 1 N–H and O–H groups in total. The highest BCUT2D eigenvalue weighted by atomic mass is 14.8. The fourth-order valence-electron chi connectivity index (χ4n) is 1.92. The second-order valence-corrected chi connectivity index (χ2v) is 3.89. The molecule has 15 heavy (non-hydrogen) atoms. The molecule has 1 aliphatic carbocycles. The average molecular weight is 200 g/mol. The Labute approximate surface area is 90.4 Å². The van der Waals surface area contributed by atoms with E-state index in [1.165, 1.54) is 23.3 Å². The predicted octanol–water partition coefficient (Wildman–Crippen LogP) is 3.19. The Morgan fingerprint density at radius 3 is 3.07 bits per heavy atom. The first kappa shape index (κ1) is 9.97. The van der Waals surface area contributed by atoms with Crippen LogP contribution in [0.5, 0.6) is 0 Å². The molecule has 0 saturated heterocycles. The van der Waals surface area contributed by atoms with Gasteiger partial charge in [-0.1, -0.05) is 18.7 Å². The number of aromatic nitrogens is 2. The summed E-state index contributed by atoms with van der Waals surface area (Å²) in [6.45, 7) is 6.10. The molecule has 2 rings (SSSR count). The zero-order valence-electron chi connectivity index (χ0n) is 9.09. The van der Waals surface area contributed by atoms with Gasteiger partial charge in [0.15, 0.2) is 0 Å². The molecule has 0 fully saturated rings. The van der Waals surface area contributed by atoms with Gasteiger partial charge in [-0.25, -0.2) is 4.98 Å². The summed E-state index contributed by atoms with van der Waals surface area (Å²) in [6, 6.07) is 6.09. The minimum atomic E-state index is 0.942. The lowest BCUT2D eigenvalue weighted by molar-refractivity contribution is 0.789. The zero-order chi connectivity index (χ0) is 10.7. The molecule has 0 radical (unpaired) electrons. The molecule has 0 atom stereocenters. The third-order valence-corrected chi connectivity index (χ3v) is 2.67. The molecular formula is C13H16N2. The fraction of sp³-hybridized carbons (Fsp3) is 0.308. The molecule has 0 aliphatic heterocycles. The van der Waals surface area contributed by atoms with Crippen LogP contribution in [0.1, 0.15) is 29.9 Å². The third-order valence-electron chi connectivity index (χ3n) is 2.67. The number of fused-ring (bicyclic) bond motifs is 1. The van der Waals surface area contributed by atoms with E-state index in [9.17, 15) is 0 Å². The van der Waals surface area contributed by atoms with E-state index in [2.05, 4.69) is 22.6 Å². The van der Waals surface area contributed by atoms with Gasteiger partial charge in [-0.05, 0) is 43.4 Å². The monoisotopic (exact) mass is 200 g/mol. The van der Waals surface area contributed by atoms with Gasteiger partial charge in [0, 0.05) is 11.9 Å². The number of aromatic amines is 1. The van der Waals surface area contributed by atoms with Crippen LogP contribution in [-0.4, -0.2) is 9.97 Å². The molecule has 1 aromatic heterocycles. The van der Waals surface area contributed by atoms with E-state index in [0.29, 0.717) is 0 Å². The summed E-state index contributed by atoms with van der Waals surface area (Å²) in [4.78, 5) is 7.63. The summed E-state index contributed by atoms with van der Waals surface area (Å²) >= 11 is 0. The van der Waals surface area contributed by atoms with Crippen LogP contribution in [0.3, 0.4) is 0 Å². The van der Waals surface area contributed by atoms with Gasteiger partial charge < -0.3 is 4.98 Å². The number of H-pyrrole nitrogens is 1. The Morgan fingerprint density at radius 2 is 2.20 bits per heavy atom. The molecule has 2 heteroatoms. The average Bonchev–Trinajstić information content (AvgIpc) is 2.28. The molecule has 1 aliphatic rings. The van der Waals surface area contributed by atoms with E-state index >= 15 is 0 Å². The van der Waals surface area contributed by atoms with Crippen LogP contribution in [0.25, 0.3) is 5.57 Å². The Hall–Kier alpha value is -1.57. The molecular weight excluding hydrogens is 184 g/mol. The zero-order valence-corrected chi connectivity index (χ0v) is 9.09. The number of aryl methyl sites for hydroxylation is 2. The van der Waals surface area contributed by atoms with Gasteiger partial charge >= 0.3 is 0 Å². The van der Waals surface area contributed by atoms with Gasteiger partial charge in [0.25, 0.3) is 0 Å². The van der Waals surface area contributed by atoms with Crippen molar-refractivity contribution in [3.05, 3.63) is 48.1 Å². The smallest absolute Gasteiger partial charge is 0.102 e. The molecule has 2 nitrogen and oxygen atoms in total. The normalized spacial score (nSPS) is 14.3. The van der Waals surface area contributed by atoms with Crippen molar-refractivity contribution in [3.8, 4) is 0 Å². The van der Waals surface area contributed by atoms with Crippen molar-refractivity contribution in [2.75, 3.05) is 0 Å². The number of rotatable bonds is 0. The Morgan fingerprint density at radius 1 is 1.33 bits per heavy atom. The largest absolute Gasteiger partial charge is 0.347 e. The topological polar surface area (TPSA) is 28.7 Å². The highest BCUT2D eigenvalue weighted by Crippen LogP contribution is 2.26. The maximum absolute atomic E-state index is 4.27. The van der Waals surface area contributed by atoms with Crippen LogP contribution < -0.4 is 0 Å². The van der Waals surface area contributed by atoms with Crippen LogP contribution in [0.15, 0.2) is 31.0 Å². The van der Waals surface area contributed by atoms with Crippen molar-refractivity contribution in [1.29, 1.82) is 0 Å². The number of hydrogen-bond acceptors (Lipinski definition) is 1. The summed E-state index contributed by atoms with van der Waals surface area (Å²) in [5.41, 5.74) is 3.73. The Kier molecular flexibility index (Phi) is 2.86. The highest BCUT2D eigenvalue weighted by molar-refractivity contribution is 5.66. The minimum Gasteiger partial charge on any atom is -0.347 e. The van der Waals surface area contributed by atoms with E-state index in [0.717, 1.165) is 18.7 Å². The van der Waals surface area contributed by atoms with Crippen molar-refractivity contribution in [3.63, 3.8) is 0 Å². The van der Waals surface area contributed by atoms with Crippen molar-refractivity contribution >= 4 is 5.57 Å². The van der Waals surface area contributed by atoms with E-state index in [-0.39, 0.29) is 0 Å². The standard InChI is InChI=1S/C13H16N2/c1-10-6-5-8-13-12(10)7-3-4-9-14-11(2)15-13/h3-4,7,9H,1,5-6,8H2,2H3,(H,14,15). The van der Waals surface area contributed by atoms with Gasteiger partial charge in [0.05, 0.1) is 0 Å². The molecule has 0 spiro atoms. The number of allylic oxidation sites excluding steroid dienone is 1. The molecule has 0 unspecified atom stereocenters. The Balaban J connectivity index is 2.66. The van der Waals surface area contributed by atoms with Gasteiger partial charge in [-0.2, -0.15) is 0 Å². The van der Waals surface area contributed by atoms with Gasteiger partial charge in [-0.15, -0.1) is 0 Å². The minimum absolute atomic E-state index is 0.942. The van der Waals surface area contributed by atoms with E-state index in [4.69, 9.17) is 0 Å². The second-order valence-electron chi connectivity index (χ2n) is 3.89. The van der Waals surface area contributed by atoms with E-state index in [1.807, 2.05) is 19.1 Å². The van der Waals surface area contributed by atoms with Gasteiger partial charge in [0.1, 0.15) is 5.82 Å². The van der Waals surface area contributed by atoms with Crippen molar-refractivity contribution in [2.45, 2.75) is 26.2 Å². The highest BCUT2D eigenvalue weighted by Gasteiger charge is 2.10. The lowest BCUT2D eigenvalue weighted by Crippen LogP contribution is -2.02. The SMILES string of the molecule is C=C1CCCc2[nH]c(C)nccccc21. The second kappa shape index (κ2) is 4.30. The summed E-state index contributed by atoms with van der Waals surface area (Å²) in [5.74, 6) is 0.942. The molecule has 1 aromatic rings. The van der Waals surface area contributed by atoms with E-state index < -0.39 is 0 Å². The quantitative estimate of drug-likeness (QED) is 0.684. The maximum atomic E-state index is 4.27. The first-order valence-corrected chi connectivity index (χ1v) is 5.33.